The maximum absolute atomic E-state index is 12.6. The van der Waals surface area contributed by atoms with Crippen LogP contribution in [-0.4, -0.2) is 24.9 Å². The van der Waals surface area contributed by atoms with Gasteiger partial charge in [-0.15, -0.1) is 11.3 Å². The van der Waals surface area contributed by atoms with Crippen LogP contribution in [0.1, 0.15) is 5.69 Å². The molecule has 0 unspecified atom stereocenters. The lowest BCUT2D eigenvalue weighted by molar-refractivity contribution is 0.581. The topological polar surface area (TPSA) is 72.0 Å². The third-order valence-electron chi connectivity index (χ3n) is 4.41. The average Bonchev–Trinajstić information content (AvgIpc) is 3.24. The van der Waals surface area contributed by atoms with E-state index in [2.05, 4.69) is 14.7 Å². The smallest absolute Gasteiger partial charge is 0.240 e. The molecule has 0 bridgehead atoms. The van der Waals surface area contributed by atoms with Crippen molar-refractivity contribution in [3.05, 3.63) is 90.2 Å². The summed E-state index contributed by atoms with van der Waals surface area (Å²) < 4.78 is 27.8. The van der Waals surface area contributed by atoms with Crippen molar-refractivity contribution in [2.45, 2.75) is 11.3 Å². The lowest BCUT2D eigenvalue weighted by Gasteiger charge is -2.07. The highest BCUT2D eigenvalue weighted by molar-refractivity contribution is 7.89. The highest BCUT2D eigenvalue weighted by Gasteiger charge is 2.14. The van der Waals surface area contributed by atoms with Crippen LogP contribution >= 0.6 is 11.3 Å². The molecular weight excluding hydrogens is 402 g/mol. The summed E-state index contributed by atoms with van der Waals surface area (Å²) >= 11 is 1.53. The van der Waals surface area contributed by atoms with E-state index in [-0.39, 0.29) is 4.90 Å². The Kier molecular flexibility index (Phi) is 5.80. The number of pyridine rings is 1. The van der Waals surface area contributed by atoms with Crippen molar-refractivity contribution < 1.29 is 8.42 Å². The molecule has 0 fully saturated rings. The number of benzene rings is 2. The zero-order valence-corrected chi connectivity index (χ0v) is 17.2. The molecule has 1 N–H and O–H groups in total. The van der Waals surface area contributed by atoms with E-state index in [4.69, 9.17) is 0 Å². The van der Waals surface area contributed by atoms with Crippen molar-refractivity contribution >= 4 is 21.4 Å². The summed E-state index contributed by atoms with van der Waals surface area (Å²) in [5, 5.41) is 2.83. The van der Waals surface area contributed by atoms with Crippen LogP contribution in [0.3, 0.4) is 0 Å². The van der Waals surface area contributed by atoms with Gasteiger partial charge in [0.2, 0.25) is 10.0 Å². The molecule has 7 heteroatoms. The molecule has 0 saturated carbocycles. The normalized spacial score (nSPS) is 11.4. The maximum atomic E-state index is 12.6. The molecule has 0 amide bonds. The second kappa shape index (κ2) is 8.65. The van der Waals surface area contributed by atoms with Gasteiger partial charge in [0.1, 0.15) is 5.01 Å². The van der Waals surface area contributed by atoms with Gasteiger partial charge >= 0.3 is 0 Å². The minimum absolute atomic E-state index is 0.256. The van der Waals surface area contributed by atoms with Crippen LogP contribution in [0.25, 0.3) is 21.7 Å². The van der Waals surface area contributed by atoms with Crippen LogP contribution in [0.2, 0.25) is 0 Å². The molecule has 29 heavy (non-hydrogen) atoms. The van der Waals surface area contributed by atoms with E-state index in [9.17, 15) is 8.42 Å². The molecule has 5 nitrogen and oxygen atoms in total. The summed E-state index contributed by atoms with van der Waals surface area (Å²) in [7, 11) is -3.56. The van der Waals surface area contributed by atoms with Gasteiger partial charge in [0.05, 0.1) is 10.6 Å². The van der Waals surface area contributed by atoms with Gasteiger partial charge in [0, 0.05) is 36.3 Å². The number of nitrogens with zero attached hydrogens (tertiary/aromatic N) is 2. The van der Waals surface area contributed by atoms with Crippen LogP contribution in [-0.2, 0) is 16.4 Å². The Bertz CT molecular complexity index is 1170. The number of sulfonamides is 1. The van der Waals surface area contributed by atoms with Gasteiger partial charge < -0.3 is 0 Å². The largest absolute Gasteiger partial charge is 0.264 e. The Labute approximate surface area is 174 Å². The Morgan fingerprint density at radius 2 is 1.59 bits per heavy atom. The second-order valence-corrected chi connectivity index (χ2v) is 9.05. The summed E-state index contributed by atoms with van der Waals surface area (Å²) in [6, 6.07) is 20.6. The SMILES string of the molecule is O=S(=O)(NCCc1csc(-c2cccnc2)n1)c1ccc(-c2ccccc2)cc1. The molecule has 146 valence electrons. The van der Waals surface area contributed by atoms with Crippen LogP contribution in [0.5, 0.6) is 0 Å². The first-order valence-electron chi connectivity index (χ1n) is 9.12. The lowest BCUT2D eigenvalue weighted by Crippen LogP contribution is -2.26. The fourth-order valence-corrected chi connectivity index (χ4v) is 4.77. The van der Waals surface area contributed by atoms with Crippen molar-refractivity contribution in [2.24, 2.45) is 0 Å². The van der Waals surface area contributed by atoms with Crippen molar-refractivity contribution in [1.29, 1.82) is 0 Å². The number of thiazole rings is 1. The number of rotatable bonds is 7. The van der Waals surface area contributed by atoms with E-state index >= 15 is 0 Å². The fraction of sp³-hybridized carbons (Fsp3) is 0.0909. The molecule has 0 atom stereocenters. The number of hydrogen-bond acceptors (Lipinski definition) is 5. The van der Waals surface area contributed by atoms with Crippen LogP contribution in [0.15, 0.2) is 89.4 Å². The van der Waals surface area contributed by atoms with Crippen LogP contribution in [0.4, 0.5) is 0 Å². The van der Waals surface area contributed by atoms with Gasteiger partial charge in [-0.3, -0.25) is 4.98 Å². The van der Waals surface area contributed by atoms with E-state index in [1.54, 1.807) is 24.5 Å². The summed E-state index contributed by atoms with van der Waals surface area (Å²) in [6.45, 7) is 0.291. The van der Waals surface area contributed by atoms with Gasteiger partial charge in [-0.2, -0.15) is 0 Å². The van der Waals surface area contributed by atoms with Crippen molar-refractivity contribution in [1.82, 2.24) is 14.7 Å². The van der Waals surface area contributed by atoms with E-state index < -0.39 is 10.0 Å². The molecule has 2 aromatic heterocycles. The highest BCUT2D eigenvalue weighted by atomic mass is 32.2. The predicted molar refractivity (Wildman–Crippen MR) is 116 cm³/mol. The minimum atomic E-state index is -3.56. The molecule has 0 aliphatic heterocycles. The molecule has 0 radical (unpaired) electrons. The zero-order chi connectivity index (χ0) is 20.1. The van der Waals surface area contributed by atoms with Crippen LogP contribution in [0, 0.1) is 0 Å². The van der Waals surface area contributed by atoms with Gasteiger partial charge in [0.15, 0.2) is 0 Å². The Hall–Kier alpha value is -2.87. The Morgan fingerprint density at radius 1 is 0.862 bits per heavy atom. The molecular formula is C22H19N3O2S2. The summed E-state index contributed by atoms with van der Waals surface area (Å²) in [5.74, 6) is 0. The Morgan fingerprint density at radius 3 is 2.31 bits per heavy atom. The molecule has 2 heterocycles. The van der Waals surface area contributed by atoms with Gasteiger partial charge in [0.25, 0.3) is 0 Å². The van der Waals surface area contributed by atoms with Crippen molar-refractivity contribution in [3.8, 4) is 21.7 Å². The molecule has 0 saturated heterocycles. The Balaban J connectivity index is 1.38. The quantitative estimate of drug-likeness (QED) is 0.480. The van der Waals surface area contributed by atoms with Crippen molar-refractivity contribution in [3.63, 3.8) is 0 Å². The fourth-order valence-electron chi connectivity index (χ4n) is 2.90. The minimum Gasteiger partial charge on any atom is -0.264 e. The molecule has 4 aromatic rings. The lowest BCUT2D eigenvalue weighted by atomic mass is 10.1. The maximum Gasteiger partial charge on any atom is 0.240 e. The van der Waals surface area contributed by atoms with Crippen molar-refractivity contribution in [2.75, 3.05) is 6.54 Å². The van der Waals surface area contributed by atoms with Gasteiger partial charge in [-0.05, 0) is 35.4 Å². The first-order chi connectivity index (χ1) is 14.1. The van der Waals surface area contributed by atoms with Gasteiger partial charge in [-0.1, -0.05) is 42.5 Å². The van der Waals surface area contributed by atoms with Gasteiger partial charge in [-0.25, -0.2) is 18.1 Å². The number of hydrogen-bond donors (Lipinski definition) is 1. The molecule has 0 aliphatic rings. The van der Waals surface area contributed by atoms with Crippen LogP contribution < -0.4 is 4.72 Å². The molecule has 0 aliphatic carbocycles. The highest BCUT2D eigenvalue weighted by Crippen LogP contribution is 2.23. The number of aromatic nitrogens is 2. The first kappa shape index (κ1) is 19.4. The predicted octanol–water partition coefficient (Wildman–Crippen LogP) is 4.39. The van der Waals surface area contributed by atoms with E-state index in [1.165, 1.54) is 11.3 Å². The molecule has 2 aromatic carbocycles. The molecule has 0 spiro atoms. The van der Waals surface area contributed by atoms with E-state index in [1.807, 2.05) is 60.0 Å². The first-order valence-corrected chi connectivity index (χ1v) is 11.5. The third-order valence-corrected chi connectivity index (χ3v) is 6.82. The monoisotopic (exact) mass is 421 g/mol. The second-order valence-electron chi connectivity index (χ2n) is 6.42. The number of nitrogens with one attached hydrogen (secondary N) is 1. The van der Waals surface area contributed by atoms with E-state index in [0.29, 0.717) is 13.0 Å². The standard InChI is InChI=1S/C22H19N3O2S2/c26-29(27,21-10-8-18(9-11-21)17-5-2-1-3-6-17)24-14-12-20-16-28-22(25-20)19-7-4-13-23-15-19/h1-11,13,15-16,24H,12,14H2. The summed E-state index contributed by atoms with van der Waals surface area (Å²) in [5.41, 5.74) is 3.85. The zero-order valence-electron chi connectivity index (χ0n) is 15.5. The third kappa shape index (κ3) is 4.76. The molecule has 4 rings (SSSR count). The van der Waals surface area contributed by atoms with E-state index in [0.717, 1.165) is 27.4 Å². The average molecular weight is 422 g/mol. The summed E-state index contributed by atoms with van der Waals surface area (Å²) in [6.07, 6.45) is 4.02. The summed E-state index contributed by atoms with van der Waals surface area (Å²) in [4.78, 5) is 8.92.